The van der Waals surface area contributed by atoms with Crippen LogP contribution in [-0.4, -0.2) is 17.2 Å². The van der Waals surface area contributed by atoms with Gasteiger partial charge in [-0.1, -0.05) is 12.1 Å². The molecule has 0 saturated heterocycles. The van der Waals surface area contributed by atoms with E-state index in [4.69, 9.17) is 0 Å². The normalized spacial score (nSPS) is 13.2. The minimum atomic E-state index is -0.656. The topological polar surface area (TPSA) is 23.5 Å². The van der Waals surface area contributed by atoms with Crippen molar-refractivity contribution in [2.75, 3.05) is 11.4 Å². The number of anilines is 1. The molecule has 1 N–H and O–H groups in total. The van der Waals surface area contributed by atoms with E-state index in [1.165, 1.54) is 6.07 Å². The van der Waals surface area contributed by atoms with Gasteiger partial charge in [-0.15, -0.1) is 6.58 Å². The van der Waals surface area contributed by atoms with E-state index < -0.39 is 6.10 Å². The Kier molecular flexibility index (Phi) is 4.52. The van der Waals surface area contributed by atoms with Crippen molar-refractivity contribution in [2.45, 2.75) is 39.3 Å². The lowest BCUT2D eigenvalue weighted by atomic mass is 10.0. The quantitative estimate of drug-likeness (QED) is 0.825. The molecule has 100 valence electrons. The number of hydrogen-bond donors (Lipinski definition) is 1. The van der Waals surface area contributed by atoms with E-state index in [-0.39, 0.29) is 11.4 Å². The summed E-state index contributed by atoms with van der Waals surface area (Å²) in [5.41, 5.74) is 0.928. The van der Waals surface area contributed by atoms with Crippen LogP contribution in [0.5, 0.6) is 0 Å². The van der Waals surface area contributed by atoms with Crippen LogP contribution < -0.4 is 4.90 Å². The molecule has 0 heterocycles. The molecule has 0 unspecified atom stereocenters. The van der Waals surface area contributed by atoms with Crippen LogP contribution in [0, 0.1) is 5.82 Å². The molecule has 0 amide bonds. The van der Waals surface area contributed by atoms with E-state index >= 15 is 0 Å². The Morgan fingerprint density at radius 3 is 2.44 bits per heavy atom. The smallest absolute Gasteiger partial charge is 0.146 e. The summed E-state index contributed by atoms with van der Waals surface area (Å²) in [6, 6.07) is 4.86. The molecule has 3 heteroatoms. The van der Waals surface area contributed by atoms with Crippen LogP contribution in [0.2, 0.25) is 0 Å². The molecule has 0 fully saturated rings. The molecule has 0 aliphatic carbocycles. The molecule has 0 radical (unpaired) electrons. The first-order valence-corrected chi connectivity index (χ1v) is 6.13. The Balaban J connectivity index is 3.18. The van der Waals surface area contributed by atoms with Gasteiger partial charge in [0, 0.05) is 12.1 Å². The van der Waals surface area contributed by atoms with Crippen LogP contribution in [0.3, 0.4) is 0 Å². The second-order valence-corrected chi connectivity index (χ2v) is 5.46. The molecule has 0 spiro atoms. The van der Waals surface area contributed by atoms with Crippen molar-refractivity contribution in [3.05, 3.63) is 42.2 Å². The fraction of sp³-hybridized carbons (Fsp3) is 0.467. The highest BCUT2D eigenvalue weighted by molar-refractivity contribution is 5.52. The zero-order valence-electron chi connectivity index (χ0n) is 11.6. The highest BCUT2D eigenvalue weighted by atomic mass is 19.1. The summed E-state index contributed by atoms with van der Waals surface area (Å²) in [4.78, 5) is 1.95. The second kappa shape index (κ2) is 5.53. The molecule has 1 aromatic rings. The van der Waals surface area contributed by atoms with Gasteiger partial charge in [-0.25, -0.2) is 4.39 Å². The summed E-state index contributed by atoms with van der Waals surface area (Å²) in [5, 5.41) is 9.44. The first-order valence-electron chi connectivity index (χ1n) is 6.13. The third kappa shape index (κ3) is 3.33. The maximum Gasteiger partial charge on any atom is 0.146 e. The van der Waals surface area contributed by atoms with Gasteiger partial charge in [0.2, 0.25) is 0 Å². The summed E-state index contributed by atoms with van der Waals surface area (Å²) < 4.78 is 14.1. The average molecular weight is 251 g/mol. The third-order valence-electron chi connectivity index (χ3n) is 2.87. The number of nitrogens with zero attached hydrogens (tertiary/aromatic N) is 1. The molecule has 0 aromatic heterocycles. The minimum Gasteiger partial charge on any atom is -0.389 e. The van der Waals surface area contributed by atoms with Gasteiger partial charge in [0.15, 0.2) is 0 Å². The minimum absolute atomic E-state index is 0.193. The molecule has 1 aromatic carbocycles. The average Bonchev–Trinajstić information content (AvgIpc) is 2.24. The first-order chi connectivity index (χ1) is 8.27. The first kappa shape index (κ1) is 14.7. The van der Waals surface area contributed by atoms with E-state index in [0.29, 0.717) is 17.8 Å². The van der Waals surface area contributed by atoms with Gasteiger partial charge >= 0.3 is 0 Å². The zero-order valence-corrected chi connectivity index (χ0v) is 11.6. The fourth-order valence-corrected chi connectivity index (χ4v) is 1.86. The lowest BCUT2D eigenvalue weighted by molar-refractivity contribution is 0.199. The summed E-state index contributed by atoms with van der Waals surface area (Å²) in [7, 11) is 0. The maximum atomic E-state index is 14.1. The Hall–Kier alpha value is -1.35. The van der Waals surface area contributed by atoms with Crippen molar-refractivity contribution in [2.24, 2.45) is 0 Å². The van der Waals surface area contributed by atoms with E-state index in [0.717, 1.165) is 0 Å². The highest BCUT2D eigenvalue weighted by Crippen LogP contribution is 2.28. The molecule has 18 heavy (non-hydrogen) atoms. The molecule has 2 nitrogen and oxygen atoms in total. The van der Waals surface area contributed by atoms with E-state index in [2.05, 4.69) is 6.58 Å². The van der Waals surface area contributed by atoms with E-state index in [1.807, 2.05) is 25.7 Å². The largest absolute Gasteiger partial charge is 0.389 e. The van der Waals surface area contributed by atoms with E-state index in [1.54, 1.807) is 25.1 Å². The van der Waals surface area contributed by atoms with Gasteiger partial charge < -0.3 is 10.0 Å². The molecular formula is C15H22FNO. The van der Waals surface area contributed by atoms with Gasteiger partial charge in [-0.05, 0) is 45.4 Å². The van der Waals surface area contributed by atoms with Crippen molar-refractivity contribution in [3.63, 3.8) is 0 Å². The van der Waals surface area contributed by atoms with Gasteiger partial charge in [0.25, 0.3) is 0 Å². The van der Waals surface area contributed by atoms with Gasteiger partial charge in [-0.2, -0.15) is 0 Å². The summed E-state index contributed by atoms with van der Waals surface area (Å²) in [6.45, 7) is 12.0. The lowest BCUT2D eigenvalue weighted by Crippen LogP contribution is -2.42. The van der Waals surface area contributed by atoms with Crippen LogP contribution in [0.1, 0.15) is 39.4 Å². The van der Waals surface area contributed by atoms with Crippen LogP contribution in [0.4, 0.5) is 10.1 Å². The number of benzene rings is 1. The van der Waals surface area contributed by atoms with Crippen LogP contribution in [0.15, 0.2) is 30.9 Å². The summed E-state index contributed by atoms with van der Waals surface area (Å²) in [5.74, 6) is -0.315. The Morgan fingerprint density at radius 2 is 2.06 bits per heavy atom. The van der Waals surface area contributed by atoms with Gasteiger partial charge in [-0.3, -0.25) is 0 Å². The van der Waals surface area contributed by atoms with Crippen molar-refractivity contribution in [1.29, 1.82) is 0 Å². The van der Waals surface area contributed by atoms with E-state index in [9.17, 15) is 9.50 Å². The SMILES string of the molecule is C=CCN(c1ccc([C@@H](C)O)cc1F)C(C)(C)C. The Labute approximate surface area is 109 Å². The monoisotopic (exact) mass is 251 g/mol. The summed E-state index contributed by atoms with van der Waals surface area (Å²) in [6.07, 6.45) is 1.10. The number of halogens is 1. The van der Waals surface area contributed by atoms with Gasteiger partial charge in [0.1, 0.15) is 5.82 Å². The van der Waals surface area contributed by atoms with Crippen LogP contribution >= 0.6 is 0 Å². The zero-order chi connectivity index (χ0) is 13.9. The number of rotatable bonds is 4. The number of aliphatic hydroxyl groups excluding tert-OH is 1. The second-order valence-electron chi connectivity index (χ2n) is 5.46. The number of aliphatic hydroxyl groups is 1. The molecule has 1 atom stereocenters. The van der Waals surface area contributed by atoms with Crippen molar-refractivity contribution >= 4 is 5.69 Å². The molecule has 0 saturated carbocycles. The van der Waals surface area contributed by atoms with Crippen molar-refractivity contribution < 1.29 is 9.50 Å². The third-order valence-corrected chi connectivity index (χ3v) is 2.87. The summed E-state index contributed by atoms with van der Waals surface area (Å²) >= 11 is 0. The van der Waals surface area contributed by atoms with Crippen LogP contribution in [-0.2, 0) is 0 Å². The Morgan fingerprint density at radius 1 is 1.44 bits per heavy atom. The predicted octanol–water partition coefficient (Wildman–Crippen LogP) is 3.67. The standard InChI is InChI=1S/C15H22FNO/c1-6-9-17(15(3,4)5)14-8-7-12(11(2)18)10-13(14)16/h6-8,10-11,18H,1,9H2,2-5H3/t11-/m1/s1. The lowest BCUT2D eigenvalue weighted by Gasteiger charge is -2.37. The molecule has 0 aliphatic heterocycles. The fourth-order valence-electron chi connectivity index (χ4n) is 1.86. The molecule has 1 rings (SSSR count). The van der Waals surface area contributed by atoms with Crippen molar-refractivity contribution in [3.8, 4) is 0 Å². The predicted molar refractivity (Wildman–Crippen MR) is 74.3 cm³/mol. The molecular weight excluding hydrogens is 229 g/mol. The van der Waals surface area contributed by atoms with Gasteiger partial charge in [0.05, 0.1) is 11.8 Å². The maximum absolute atomic E-state index is 14.1. The highest BCUT2D eigenvalue weighted by Gasteiger charge is 2.23. The van der Waals surface area contributed by atoms with Crippen molar-refractivity contribution in [1.82, 2.24) is 0 Å². The van der Waals surface area contributed by atoms with Crippen LogP contribution in [0.25, 0.3) is 0 Å². The molecule has 0 aliphatic rings. The Bertz CT molecular complexity index is 421. The number of hydrogen-bond acceptors (Lipinski definition) is 2. The molecule has 0 bridgehead atoms.